The van der Waals surface area contributed by atoms with Gasteiger partial charge in [-0.1, -0.05) is 19.9 Å². The summed E-state index contributed by atoms with van der Waals surface area (Å²) in [7, 11) is 0. The predicted octanol–water partition coefficient (Wildman–Crippen LogP) is 3.59. The Morgan fingerprint density at radius 3 is 2.38 bits per heavy atom. The van der Waals surface area contributed by atoms with Crippen molar-refractivity contribution in [2.75, 3.05) is 11.9 Å². The Kier molecular flexibility index (Phi) is 5.63. The van der Waals surface area contributed by atoms with Gasteiger partial charge in [-0.3, -0.25) is 4.79 Å². The van der Waals surface area contributed by atoms with Crippen molar-refractivity contribution in [3.05, 3.63) is 29.3 Å². The first-order valence-electron chi connectivity index (χ1n) is 6.83. The maximum atomic E-state index is 12.7. The monoisotopic (exact) mass is 302 g/mol. The first-order valence-corrected chi connectivity index (χ1v) is 6.83. The van der Waals surface area contributed by atoms with Crippen molar-refractivity contribution in [1.29, 1.82) is 0 Å². The van der Waals surface area contributed by atoms with E-state index in [9.17, 15) is 18.0 Å². The van der Waals surface area contributed by atoms with Crippen LogP contribution < -0.4 is 10.6 Å². The van der Waals surface area contributed by atoms with Gasteiger partial charge in [0, 0.05) is 12.2 Å². The zero-order valence-corrected chi connectivity index (χ0v) is 12.6. The van der Waals surface area contributed by atoms with E-state index in [4.69, 9.17) is 0 Å². The van der Waals surface area contributed by atoms with Crippen LogP contribution in [0.1, 0.15) is 31.9 Å². The van der Waals surface area contributed by atoms with Crippen LogP contribution in [0, 0.1) is 12.8 Å². The number of hydrogen-bond donors (Lipinski definition) is 2. The Balaban J connectivity index is 2.80. The molecule has 1 aromatic rings. The highest BCUT2D eigenvalue weighted by Crippen LogP contribution is 2.32. The minimum atomic E-state index is -4.40. The summed E-state index contributed by atoms with van der Waals surface area (Å²) in [6, 6.07) is 2.85. The van der Waals surface area contributed by atoms with Crippen molar-refractivity contribution in [2.24, 2.45) is 5.92 Å². The van der Waals surface area contributed by atoms with Gasteiger partial charge in [0.25, 0.3) is 0 Å². The van der Waals surface area contributed by atoms with Gasteiger partial charge in [-0.2, -0.15) is 13.2 Å². The van der Waals surface area contributed by atoms with E-state index in [1.165, 1.54) is 6.07 Å². The first-order chi connectivity index (χ1) is 9.61. The van der Waals surface area contributed by atoms with Gasteiger partial charge in [0.15, 0.2) is 0 Å². The van der Waals surface area contributed by atoms with E-state index in [0.29, 0.717) is 23.7 Å². The molecule has 0 aliphatic carbocycles. The second-order valence-corrected chi connectivity index (χ2v) is 5.53. The minimum Gasteiger partial charge on any atom is -0.374 e. The molecular formula is C15H21F3N2O. The van der Waals surface area contributed by atoms with Gasteiger partial charge in [-0.25, -0.2) is 0 Å². The number of alkyl halides is 3. The van der Waals surface area contributed by atoms with Crippen molar-refractivity contribution < 1.29 is 18.0 Å². The van der Waals surface area contributed by atoms with Crippen molar-refractivity contribution in [3.8, 4) is 0 Å². The zero-order chi connectivity index (χ0) is 16.2. The van der Waals surface area contributed by atoms with Crippen LogP contribution in [-0.2, 0) is 11.0 Å². The van der Waals surface area contributed by atoms with E-state index in [2.05, 4.69) is 10.6 Å². The van der Waals surface area contributed by atoms with Crippen molar-refractivity contribution >= 4 is 11.6 Å². The van der Waals surface area contributed by atoms with Crippen LogP contribution >= 0.6 is 0 Å². The summed E-state index contributed by atoms with van der Waals surface area (Å²) in [5.41, 5.74) is 0.244. The Hall–Kier alpha value is -1.72. The number of nitrogens with one attached hydrogen (secondary N) is 2. The summed E-state index contributed by atoms with van der Waals surface area (Å²) in [6.07, 6.45) is -4.40. The molecule has 0 radical (unpaired) electrons. The summed E-state index contributed by atoms with van der Waals surface area (Å²) in [5, 5.41) is 5.58. The Morgan fingerprint density at radius 2 is 1.86 bits per heavy atom. The van der Waals surface area contributed by atoms with E-state index in [-0.39, 0.29) is 5.91 Å². The molecule has 118 valence electrons. The third-order valence-electron chi connectivity index (χ3n) is 3.01. The van der Waals surface area contributed by atoms with Crippen LogP contribution in [0.3, 0.4) is 0 Å². The molecule has 0 heterocycles. The lowest BCUT2D eigenvalue weighted by Gasteiger charge is -2.19. The summed E-state index contributed by atoms with van der Waals surface area (Å²) >= 11 is 0. The molecule has 1 atom stereocenters. The van der Waals surface area contributed by atoms with Gasteiger partial charge in [0.1, 0.15) is 6.04 Å². The van der Waals surface area contributed by atoms with Crippen LogP contribution in [0.25, 0.3) is 0 Å². The van der Waals surface area contributed by atoms with E-state index >= 15 is 0 Å². The number of hydrogen-bond acceptors (Lipinski definition) is 2. The molecule has 1 aromatic carbocycles. The lowest BCUT2D eigenvalue weighted by Crippen LogP contribution is -2.39. The summed E-state index contributed by atoms with van der Waals surface area (Å²) in [6.45, 7) is 7.79. The molecule has 0 saturated heterocycles. The molecule has 0 fully saturated rings. The van der Waals surface area contributed by atoms with Gasteiger partial charge in [-0.05, 0) is 37.5 Å². The molecule has 0 bridgehead atoms. The third-order valence-corrected chi connectivity index (χ3v) is 3.01. The summed E-state index contributed by atoms with van der Waals surface area (Å²) < 4.78 is 38.1. The molecule has 21 heavy (non-hydrogen) atoms. The fraction of sp³-hybridized carbons (Fsp3) is 0.533. The van der Waals surface area contributed by atoms with Gasteiger partial charge in [-0.15, -0.1) is 0 Å². The number of aryl methyl sites for hydroxylation is 1. The molecule has 6 heteroatoms. The Morgan fingerprint density at radius 1 is 1.24 bits per heavy atom. The number of halogens is 3. The predicted molar refractivity (Wildman–Crippen MR) is 77.1 cm³/mol. The van der Waals surface area contributed by atoms with Gasteiger partial charge in [0.05, 0.1) is 5.56 Å². The quantitative estimate of drug-likeness (QED) is 0.873. The average molecular weight is 302 g/mol. The molecule has 0 saturated carbocycles. The van der Waals surface area contributed by atoms with Crippen LogP contribution in [-0.4, -0.2) is 18.5 Å². The molecule has 3 nitrogen and oxygen atoms in total. The first kappa shape index (κ1) is 17.3. The van der Waals surface area contributed by atoms with Crippen LogP contribution in [0.2, 0.25) is 0 Å². The zero-order valence-electron chi connectivity index (χ0n) is 12.6. The molecule has 1 amide bonds. The van der Waals surface area contributed by atoms with Crippen LogP contribution in [0.5, 0.6) is 0 Å². The fourth-order valence-electron chi connectivity index (χ4n) is 1.71. The smallest absolute Gasteiger partial charge is 0.374 e. The number of anilines is 1. The fourth-order valence-corrected chi connectivity index (χ4v) is 1.71. The standard InChI is InChI=1S/C15H21F3N2O/c1-9(2)8-19-14(21)11(4)20-13-7-12(15(16,17)18)6-5-10(13)3/h5-7,9,11,20H,8H2,1-4H3,(H,19,21). The SMILES string of the molecule is Cc1ccc(C(F)(F)F)cc1NC(C)C(=O)NCC(C)C. The highest BCUT2D eigenvalue weighted by atomic mass is 19.4. The van der Waals surface area contributed by atoms with E-state index in [1.54, 1.807) is 13.8 Å². The molecule has 0 aliphatic rings. The van der Waals surface area contributed by atoms with Crippen molar-refractivity contribution in [3.63, 3.8) is 0 Å². The Labute approximate surface area is 122 Å². The number of carbonyl (C=O) groups is 1. The van der Waals surface area contributed by atoms with Gasteiger partial charge < -0.3 is 10.6 Å². The van der Waals surface area contributed by atoms with Crippen LogP contribution in [0.4, 0.5) is 18.9 Å². The maximum Gasteiger partial charge on any atom is 0.416 e. The topological polar surface area (TPSA) is 41.1 Å². The van der Waals surface area contributed by atoms with E-state index < -0.39 is 17.8 Å². The summed E-state index contributed by atoms with van der Waals surface area (Å²) in [5.74, 6) is 0.0805. The highest BCUT2D eigenvalue weighted by molar-refractivity contribution is 5.84. The Bertz CT molecular complexity index is 498. The molecule has 0 aromatic heterocycles. The van der Waals surface area contributed by atoms with Crippen molar-refractivity contribution in [2.45, 2.75) is 39.9 Å². The minimum absolute atomic E-state index is 0.236. The largest absolute Gasteiger partial charge is 0.416 e. The van der Waals surface area contributed by atoms with E-state index in [1.807, 2.05) is 13.8 Å². The molecule has 2 N–H and O–H groups in total. The van der Waals surface area contributed by atoms with Crippen molar-refractivity contribution in [1.82, 2.24) is 5.32 Å². The molecule has 0 aliphatic heterocycles. The van der Waals surface area contributed by atoms with Gasteiger partial charge in [0.2, 0.25) is 5.91 Å². The highest BCUT2D eigenvalue weighted by Gasteiger charge is 2.31. The van der Waals surface area contributed by atoms with Gasteiger partial charge >= 0.3 is 6.18 Å². The van der Waals surface area contributed by atoms with E-state index in [0.717, 1.165) is 12.1 Å². The number of rotatable bonds is 5. The molecular weight excluding hydrogens is 281 g/mol. The third kappa shape index (κ3) is 5.28. The number of carbonyl (C=O) groups excluding carboxylic acids is 1. The maximum absolute atomic E-state index is 12.7. The molecule has 1 unspecified atom stereocenters. The second kappa shape index (κ2) is 6.83. The molecule has 1 rings (SSSR count). The second-order valence-electron chi connectivity index (χ2n) is 5.53. The summed E-state index contributed by atoms with van der Waals surface area (Å²) in [4.78, 5) is 11.8. The normalized spacial score (nSPS) is 13.1. The number of amides is 1. The number of benzene rings is 1. The molecule has 0 spiro atoms. The lowest BCUT2D eigenvalue weighted by molar-refractivity contribution is -0.137. The average Bonchev–Trinajstić information content (AvgIpc) is 2.36. The van der Waals surface area contributed by atoms with Crippen LogP contribution in [0.15, 0.2) is 18.2 Å². The lowest BCUT2D eigenvalue weighted by atomic mass is 10.1.